The highest BCUT2D eigenvalue weighted by atomic mass is 35.5. The Morgan fingerprint density at radius 2 is 1.28 bits per heavy atom. The Morgan fingerprint density at radius 3 is 1.83 bits per heavy atom. The number of carbonyl (C=O) groups excluding carboxylic acids is 2. The fourth-order valence-corrected chi connectivity index (χ4v) is 5.98. The van der Waals surface area contributed by atoms with Crippen LogP contribution in [-0.4, -0.2) is 26.7 Å². The van der Waals surface area contributed by atoms with Crippen LogP contribution in [0.2, 0.25) is 0 Å². The van der Waals surface area contributed by atoms with Crippen LogP contribution < -0.4 is 0 Å². The Balaban J connectivity index is 1.56. The Bertz CT molecular complexity index is 1100. The SMILES string of the molecule is O=C1c2ccccc2C(=O)N1S[C@H]1[C@@H](Cl)[C@@H]2C=C[C@H]1c1c(F)c(F)c(F)c(F)c12. The topological polar surface area (TPSA) is 37.4 Å². The van der Waals surface area contributed by atoms with E-state index in [4.69, 9.17) is 11.6 Å². The molecule has 1 aliphatic heterocycles. The van der Waals surface area contributed by atoms with Gasteiger partial charge < -0.3 is 0 Å². The number of amides is 2. The molecule has 0 saturated heterocycles. The molecule has 0 radical (unpaired) electrons. The third kappa shape index (κ3) is 2.39. The molecule has 6 rings (SSSR count). The molecule has 3 nitrogen and oxygen atoms in total. The molecule has 0 spiro atoms. The molecule has 2 bridgehead atoms. The number of allylic oxidation sites excluding steroid dienone is 2. The van der Waals surface area contributed by atoms with Crippen LogP contribution in [0, 0.1) is 23.3 Å². The molecule has 4 atom stereocenters. The third-order valence-corrected chi connectivity index (χ3v) is 7.59. The zero-order valence-corrected chi connectivity index (χ0v) is 15.9. The fraction of sp³-hybridized carbons (Fsp3) is 0.200. The number of hydrogen-bond donors (Lipinski definition) is 0. The Morgan fingerprint density at radius 1 is 0.793 bits per heavy atom. The molecule has 2 amide bonds. The van der Waals surface area contributed by atoms with Gasteiger partial charge in [0, 0.05) is 23.0 Å². The summed E-state index contributed by atoms with van der Waals surface area (Å²) in [7, 11) is 0. The van der Waals surface area contributed by atoms with Crippen molar-refractivity contribution in [1.82, 2.24) is 4.31 Å². The lowest BCUT2D eigenvalue weighted by Gasteiger charge is -2.43. The maximum absolute atomic E-state index is 14.5. The summed E-state index contributed by atoms with van der Waals surface area (Å²) < 4.78 is 57.5. The number of imide groups is 1. The molecular weight excluding hydrogens is 430 g/mol. The van der Waals surface area contributed by atoms with Crippen molar-refractivity contribution in [2.24, 2.45) is 0 Å². The zero-order chi connectivity index (χ0) is 20.6. The molecule has 9 heteroatoms. The van der Waals surface area contributed by atoms with E-state index in [1.165, 1.54) is 24.3 Å². The summed E-state index contributed by atoms with van der Waals surface area (Å²) in [5, 5.41) is -1.63. The summed E-state index contributed by atoms with van der Waals surface area (Å²) >= 11 is 7.29. The van der Waals surface area contributed by atoms with Crippen molar-refractivity contribution in [3.05, 3.63) is 81.9 Å². The van der Waals surface area contributed by atoms with E-state index in [0.717, 1.165) is 16.3 Å². The predicted molar refractivity (Wildman–Crippen MR) is 98.9 cm³/mol. The first kappa shape index (κ1) is 18.7. The van der Waals surface area contributed by atoms with Crippen molar-refractivity contribution in [2.75, 3.05) is 0 Å². The van der Waals surface area contributed by atoms with Gasteiger partial charge in [0.1, 0.15) is 0 Å². The minimum Gasteiger partial charge on any atom is -0.268 e. The average molecular weight is 440 g/mol. The number of hydrogen-bond acceptors (Lipinski definition) is 3. The highest BCUT2D eigenvalue weighted by Crippen LogP contribution is 2.54. The van der Waals surface area contributed by atoms with Gasteiger partial charge in [-0.3, -0.25) is 9.59 Å². The highest BCUT2D eigenvalue weighted by molar-refractivity contribution is 7.98. The van der Waals surface area contributed by atoms with Crippen LogP contribution in [0.3, 0.4) is 0 Å². The molecule has 0 saturated carbocycles. The summed E-state index contributed by atoms with van der Waals surface area (Å²) in [6, 6.07) is 6.28. The Kier molecular flexibility index (Phi) is 4.08. The summed E-state index contributed by atoms with van der Waals surface area (Å²) in [6.45, 7) is 0. The largest absolute Gasteiger partial charge is 0.271 e. The Hall–Kier alpha value is -2.32. The second-order valence-electron chi connectivity index (χ2n) is 6.98. The van der Waals surface area contributed by atoms with Crippen molar-refractivity contribution >= 4 is 35.4 Å². The number of nitrogens with zero attached hydrogens (tertiary/aromatic N) is 1. The second-order valence-corrected chi connectivity index (χ2v) is 8.61. The van der Waals surface area contributed by atoms with Crippen LogP contribution in [0.15, 0.2) is 36.4 Å². The first-order valence-electron chi connectivity index (χ1n) is 8.65. The molecular formula is C20H10ClF4NO2S. The van der Waals surface area contributed by atoms with Gasteiger partial charge in [-0.15, -0.1) is 11.6 Å². The normalized spacial score (nSPS) is 26.9. The van der Waals surface area contributed by atoms with Gasteiger partial charge >= 0.3 is 0 Å². The second kappa shape index (κ2) is 6.34. The molecule has 0 fully saturated rings. The fourth-order valence-electron chi connectivity index (χ4n) is 4.20. The van der Waals surface area contributed by atoms with Gasteiger partial charge in [0.2, 0.25) is 0 Å². The Labute approximate surface area is 171 Å². The van der Waals surface area contributed by atoms with E-state index >= 15 is 0 Å². The molecule has 4 aliphatic rings. The number of fused-ring (bicyclic) bond motifs is 2. The quantitative estimate of drug-likeness (QED) is 0.127. The van der Waals surface area contributed by atoms with Gasteiger partial charge in [-0.05, 0) is 24.1 Å². The summed E-state index contributed by atoms with van der Waals surface area (Å²) in [6.07, 6.45) is 3.05. The molecule has 3 aliphatic carbocycles. The maximum Gasteiger partial charge on any atom is 0.271 e. The lowest BCUT2D eigenvalue weighted by molar-refractivity contribution is 0.0776. The van der Waals surface area contributed by atoms with E-state index < -0.39 is 57.5 Å². The standard InChI is InChI=1S/C20H10ClF4NO2S/c21-13-9-5-6-10(12-11(9)14(22)16(24)17(25)15(12)23)18(13)29-26-19(27)7-3-1-2-4-8(7)20(26)28/h1-6,9-10,13,18H/t9-,10+,13+,18-/m1/s1. The van der Waals surface area contributed by atoms with Crippen LogP contribution in [0.5, 0.6) is 0 Å². The number of alkyl halides is 1. The van der Waals surface area contributed by atoms with Crippen LogP contribution in [0.25, 0.3) is 0 Å². The monoisotopic (exact) mass is 439 g/mol. The molecule has 0 unspecified atom stereocenters. The summed E-state index contributed by atoms with van der Waals surface area (Å²) in [4.78, 5) is 25.3. The summed E-state index contributed by atoms with van der Waals surface area (Å²) in [5.41, 5.74) is -0.162. The van der Waals surface area contributed by atoms with Crippen LogP contribution >= 0.6 is 23.5 Å². The van der Waals surface area contributed by atoms with Gasteiger partial charge in [-0.25, -0.2) is 21.9 Å². The lowest BCUT2D eigenvalue weighted by Crippen LogP contribution is -2.43. The smallest absolute Gasteiger partial charge is 0.268 e. The van der Waals surface area contributed by atoms with E-state index in [9.17, 15) is 27.2 Å². The first-order chi connectivity index (χ1) is 13.8. The number of halogens is 5. The van der Waals surface area contributed by atoms with Crippen molar-refractivity contribution in [3.63, 3.8) is 0 Å². The molecule has 0 aromatic heterocycles. The van der Waals surface area contributed by atoms with E-state index in [1.54, 1.807) is 12.1 Å². The van der Waals surface area contributed by atoms with Crippen molar-refractivity contribution in [3.8, 4) is 0 Å². The maximum atomic E-state index is 14.5. The number of rotatable bonds is 2. The third-order valence-electron chi connectivity index (χ3n) is 5.53. The minimum atomic E-state index is -1.89. The molecule has 148 valence electrons. The van der Waals surface area contributed by atoms with E-state index in [0.29, 0.717) is 0 Å². The van der Waals surface area contributed by atoms with Gasteiger partial charge in [-0.1, -0.05) is 24.3 Å². The number of carbonyl (C=O) groups is 2. The van der Waals surface area contributed by atoms with Gasteiger partial charge in [0.15, 0.2) is 23.3 Å². The van der Waals surface area contributed by atoms with Crippen molar-refractivity contribution < 1.29 is 27.2 Å². The highest BCUT2D eigenvalue weighted by Gasteiger charge is 2.50. The van der Waals surface area contributed by atoms with E-state index in [2.05, 4.69) is 0 Å². The number of benzene rings is 2. The lowest BCUT2D eigenvalue weighted by atomic mass is 9.70. The minimum absolute atomic E-state index is 0.235. The average Bonchev–Trinajstić information content (AvgIpc) is 2.97. The first-order valence-corrected chi connectivity index (χ1v) is 9.93. The molecule has 0 N–H and O–H groups in total. The van der Waals surface area contributed by atoms with Gasteiger partial charge in [0.25, 0.3) is 11.8 Å². The van der Waals surface area contributed by atoms with Crippen LogP contribution in [0.4, 0.5) is 17.6 Å². The molecule has 2 aromatic rings. The van der Waals surface area contributed by atoms with E-state index in [-0.39, 0.29) is 22.3 Å². The van der Waals surface area contributed by atoms with Crippen LogP contribution in [-0.2, 0) is 0 Å². The summed E-state index contributed by atoms with van der Waals surface area (Å²) in [5.74, 6) is -9.65. The predicted octanol–water partition coefficient (Wildman–Crippen LogP) is 4.91. The van der Waals surface area contributed by atoms with E-state index in [1.807, 2.05) is 0 Å². The molecule has 2 aromatic carbocycles. The zero-order valence-electron chi connectivity index (χ0n) is 14.3. The van der Waals surface area contributed by atoms with Gasteiger partial charge in [-0.2, -0.15) is 0 Å². The van der Waals surface area contributed by atoms with Crippen molar-refractivity contribution in [1.29, 1.82) is 0 Å². The molecule has 1 heterocycles. The van der Waals surface area contributed by atoms with Gasteiger partial charge in [0.05, 0.1) is 21.8 Å². The molecule has 29 heavy (non-hydrogen) atoms. The van der Waals surface area contributed by atoms with Crippen molar-refractivity contribution in [2.45, 2.75) is 22.5 Å². The van der Waals surface area contributed by atoms with Crippen LogP contribution in [0.1, 0.15) is 43.7 Å².